The predicted molar refractivity (Wildman–Crippen MR) is 77.8 cm³/mol. The maximum atomic E-state index is 10.6. The van der Waals surface area contributed by atoms with Crippen molar-refractivity contribution in [2.45, 2.75) is 0 Å². The molecule has 0 heterocycles. The highest BCUT2D eigenvalue weighted by Crippen LogP contribution is 2.18. The molecule has 0 aromatic heterocycles. The molecular weight excluding hydrogens is 274 g/mol. The van der Waals surface area contributed by atoms with Crippen LogP contribution >= 0.6 is 0 Å². The maximum absolute atomic E-state index is 10.6. The zero-order chi connectivity index (χ0) is 15.4. The van der Waals surface area contributed by atoms with Gasteiger partial charge in [-0.3, -0.25) is 25.2 Å². The van der Waals surface area contributed by atoms with E-state index in [0.29, 0.717) is 16.8 Å². The molecule has 0 N–H and O–H groups in total. The zero-order valence-electron chi connectivity index (χ0n) is 11.1. The summed E-state index contributed by atoms with van der Waals surface area (Å²) in [5.41, 5.74) is 2.02. The summed E-state index contributed by atoms with van der Waals surface area (Å²) >= 11 is 0. The van der Waals surface area contributed by atoms with Crippen LogP contribution in [0.2, 0.25) is 0 Å². The minimum atomic E-state index is -0.474. The molecular formula is C14H11N3O4. The SMILES string of the molecule is CN=C(c1ccc([N+](=O)[O-])cc1)c1ccc([N+](=O)[O-])cc1. The summed E-state index contributed by atoms with van der Waals surface area (Å²) in [4.78, 5) is 24.5. The van der Waals surface area contributed by atoms with Gasteiger partial charge >= 0.3 is 0 Å². The van der Waals surface area contributed by atoms with E-state index < -0.39 is 9.85 Å². The van der Waals surface area contributed by atoms with Crippen molar-refractivity contribution in [2.75, 3.05) is 7.05 Å². The van der Waals surface area contributed by atoms with E-state index in [9.17, 15) is 20.2 Å². The van der Waals surface area contributed by atoms with Crippen LogP contribution < -0.4 is 0 Å². The number of non-ortho nitro benzene ring substituents is 2. The number of nitrogens with zero attached hydrogens (tertiary/aromatic N) is 3. The van der Waals surface area contributed by atoms with Gasteiger partial charge in [0.25, 0.3) is 11.4 Å². The number of nitro benzene ring substituents is 2. The first kappa shape index (κ1) is 14.3. The van der Waals surface area contributed by atoms with E-state index in [2.05, 4.69) is 4.99 Å². The second-order valence-corrected chi connectivity index (χ2v) is 4.18. The molecule has 21 heavy (non-hydrogen) atoms. The molecule has 0 spiro atoms. The Morgan fingerprint density at radius 1 is 0.810 bits per heavy atom. The molecule has 0 radical (unpaired) electrons. The highest BCUT2D eigenvalue weighted by atomic mass is 16.6. The Morgan fingerprint density at radius 3 is 1.38 bits per heavy atom. The Hall–Kier alpha value is -3.09. The zero-order valence-corrected chi connectivity index (χ0v) is 11.1. The molecule has 2 rings (SSSR count). The van der Waals surface area contributed by atoms with E-state index >= 15 is 0 Å². The molecule has 0 bridgehead atoms. The lowest BCUT2D eigenvalue weighted by Crippen LogP contribution is -2.03. The Labute approximate surface area is 119 Å². The fourth-order valence-corrected chi connectivity index (χ4v) is 1.91. The van der Waals surface area contributed by atoms with Crippen LogP contribution in [0.1, 0.15) is 11.1 Å². The van der Waals surface area contributed by atoms with Crippen LogP contribution in [0.5, 0.6) is 0 Å². The van der Waals surface area contributed by atoms with E-state index in [1.54, 1.807) is 31.3 Å². The summed E-state index contributed by atoms with van der Waals surface area (Å²) in [7, 11) is 1.60. The number of hydrogen-bond donors (Lipinski definition) is 0. The van der Waals surface area contributed by atoms with Gasteiger partial charge in [-0.25, -0.2) is 0 Å². The second kappa shape index (κ2) is 5.91. The molecule has 7 heteroatoms. The lowest BCUT2D eigenvalue weighted by Gasteiger charge is -2.06. The molecule has 0 aliphatic rings. The Morgan fingerprint density at radius 2 is 1.14 bits per heavy atom. The van der Waals surface area contributed by atoms with Crippen molar-refractivity contribution < 1.29 is 9.85 Å². The van der Waals surface area contributed by atoms with E-state index in [0.717, 1.165) is 0 Å². The van der Waals surface area contributed by atoms with Gasteiger partial charge in [-0.05, 0) is 24.3 Å². The standard InChI is InChI=1S/C14H11N3O4/c1-15-14(10-2-6-12(7-3-10)16(18)19)11-4-8-13(9-5-11)17(20)21/h2-9H,1H3. The van der Waals surface area contributed by atoms with E-state index in [4.69, 9.17) is 0 Å². The lowest BCUT2D eigenvalue weighted by atomic mass is 10.0. The van der Waals surface area contributed by atoms with Crippen LogP contribution in [0.15, 0.2) is 53.5 Å². The van der Waals surface area contributed by atoms with E-state index in [-0.39, 0.29) is 11.4 Å². The molecule has 0 atom stereocenters. The van der Waals surface area contributed by atoms with Gasteiger partial charge in [0, 0.05) is 42.4 Å². The summed E-state index contributed by atoms with van der Waals surface area (Å²) in [6.45, 7) is 0. The summed E-state index contributed by atoms with van der Waals surface area (Å²) in [5, 5.41) is 21.3. The smallest absolute Gasteiger partial charge is 0.269 e. The third-order valence-electron chi connectivity index (χ3n) is 2.93. The molecule has 2 aromatic rings. The largest absolute Gasteiger partial charge is 0.287 e. The second-order valence-electron chi connectivity index (χ2n) is 4.18. The van der Waals surface area contributed by atoms with Crippen molar-refractivity contribution in [1.82, 2.24) is 0 Å². The van der Waals surface area contributed by atoms with Crippen molar-refractivity contribution in [3.63, 3.8) is 0 Å². The molecule has 0 saturated carbocycles. The first-order chi connectivity index (χ1) is 10.0. The molecule has 0 aliphatic heterocycles. The van der Waals surface area contributed by atoms with E-state index in [1.807, 2.05) is 0 Å². The quantitative estimate of drug-likeness (QED) is 0.489. The lowest BCUT2D eigenvalue weighted by molar-refractivity contribution is -0.385. The molecule has 0 saturated heterocycles. The Bertz CT molecular complexity index is 647. The molecule has 0 aliphatic carbocycles. The summed E-state index contributed by atoms with van der Waals surface area (Å²) < 4.78 is 0. The average molecular weight is 285 g/mol. The van der Waals surface area contributed by atoms with Gasteiger partial charge in [-0.2, -0.15) is 0 Å². The van der Waals surface area contributed by atoms with E-state index in [1.165, 1.54) is 24.3 Å². The Kier molecular flexibility index (Phi) is 4.03. The van der Waals surface area contributed by atoms with Gasteiger partial charge in [0.15, 0.2) is 0 Å². The van der Waals surface area contributed by atoms with Crippen molar-refractivity contribution in [3.8, 4) is 0 Å². The molecule has 0 amide bonds. The van der Waals surface area contributed by atoms with Crippen molar-refractivity contribution in [3.05, 3.63) is 79.9 Å². The number of hydrogen-bond acceptors (Lipinski definition) is 5. The molecule has 2 aromatic carbocycles. The van der Waals surface area contributed by atoms with Crippen LogP contribution in [0, 0.1) is 20.2 Å². The van der Waals surface area contributed by atoms with Crippen LogP contribution in [0.25, 0.3) is 0 Å². The van der Waals surface area contributed by atoms with Gasteiger partial charge in [-0.15, -0.1) is 0 Å². The summed E-state index contributed by atoms with van der Waals surface area (Å²) in [6, 6.07) is 12.0. The topological polar surface area (TPSA) is 98.6 Å². The molecule has 106 valence electrons. The fraction of sp³-hybridized carbons (Fsp3) is 0.0714. The first-order valence-electron chi connectivity index (χ1n) is 5.99. The van der Waals surface area contributed by atoms with Crippen molar-refractivity contribution in [2.24, 2.45) is 4.99 Å². The number of rotatable bonds is 4. The van der Waals surface area contributed by atoms with Crippen LogP contribution in [0.3, 0.4) is 0 Å². The monoisotopic (exact) mass is 285 g/mol. The number of aliphatic imine (C=N–C) groups is 1. The Balaban J connectivity index is 2.35. The van der Waals surface area contributed by atoms with Crippen molar-refractivity contribution >= 4 is 17.1 Å². The van der Waals surface area contributed by atoms with Crippen molar-refractivity contribution in [1.29, 1.82) is 0 Å². The maximum Gasteiger partial charge on any atom is 0.269 e. The van der Waals surface area contributed by atoms with Crippen LogP contribution in [-0.2, 0) is 0 Å². The fourth-order valence-electron chi connectivity index (χ4n) is 1.91. The van der Waals surface area contributed by atoms with Gasteiger partial charge in [-0.1, -0.05) is 0 Å². The predicted octanol–water partition coefficient (Wildman–Crippen LogP) is 2.97. The normalized spacial score (nSPS) is 9.95. The van der Waals surface area contributed by atoms with Gasteiger partial charge in [0.2, 0.25) is 0 Å². The van der Waals surface area contributed by atoms with Gasteiger partial charge < -0.3 is 0 Å². The average Bonchev–Trinajstić information content (AvgIpc) is 2.49. The molecule has 0 fully saturated rings. The summed E-state index contributed by atoms with van der Waals surface area (Å²) in [6.07, 6.45) is 0. The highest BCUT2D eigenvalue weighted by molar-refractivity contribution is 6.13. The third-order valence-corrected chi connectivity index (χ3v) is 2.93. The van der Waals surface area contributed by atoms with Crippen LogP contribution in [-0.4, -0.2) is 22.6 Å². The molecule has 7 nitrogen and oxygen atoms in total. The number of benzene rings is 2. The molecule has 0 unspecified atom stereocenters. The number of nitro groups is 2. The first-order valence-corrected chi connectivity index (χ1v) is 5.99. The minimum absolute atomic E-state index is 0.00194. The summed E-state index contributed by atoms with van der Waals surface area (Å²) in [5.74, 6) is 0. The van der Waals surface area contributed by atoms with Gasteiger partial charge in [0.1, 0.15) is 0 Å². The highest BCUT2D eigenvalue weighted by Gasteiger charge is 2.11. The van der Waals surface area contributed by atoms with Gasteiger partial charge in [0.05, 0.1) is 15.6 Å². The minimum Gasteiger partial charge on any atom is -0.287 e. The van der Waals surface area contributed by atoms with Crippen LogP contribution in [0.4, 0.5) is 11.4 Å². The third kappa shape index (κ3) is 3.08.